The van der Waals surface area contributed by atoms with E-state index in [1.165, 1.54) is 20.3 Å². The first-order valence-electron chi connectivity index (χ1n) is 11.4. The Balaban J connectivity index is 1.56. The molecule has 2 amide bonds. The van der Waals surface area contributed by atoms with Gasteiger partial charge in [0.15, 0.2) is 0 Å². The van der Waals surface area contributed by atoms with Gasteiger partial charge in [-0.2, -0.15) is 0 Å². The van der Waals surface area contributed by atoms with Gasteiger partial charge in [-0.05, 0) is 17.7 Å². The standard InChI is InChI=1S/C28H21NO7/c1-34-16-12-13-20(35-2)19(14-16)29-26(32)21-22(27(29)33)28(36-23(21)15-8-4-3-5-9-15)24(30)17-10-6-7-11-18(17)25(28)31/h3-14,21-23H,1-2H3/t21-,22-,23-/m0/s1. The van der Waals surface area contributed by atoms with Gasteiger partial charge in [0.2, 0.25) is 29.0 Å². The molecule has 36 heavy (non-hydrogen) atoms. The topological polar surface area (TPSA) is 99.2 Å². The number of nitrogens with zero attached hydrogens (tertiary/aromatic N) is 1. The second kappa shape index (κ2) is 7.86. The molecule has 1 aliphatic carbocycles. The van der Waals surface area contributed by atoms with Crippen LogP contribution in [0.2, 0.25) is 0 Å². The first-order valence-corrected chi connectivity index (χ1v) is 11.4. The van der Waals surface area contributed by atoms with Gasteiger partial charge >= 0.3 is 0 Å². The molecule has 2 saturated heterocycles. The van der Waals surface area contributed by atoms with Crippen LogP contribution in [0, 0.1) is 11.8 Å². The van der Waals surface area contributed by atoms with Crippen LogP contribution in [0.4, 0.5) is 5.69 Å². The highest BCUT2D eigenvalue weighted by atomic mass is 16.5. The van der Waals surface area contributed by atoms with Crippen LogP contribution in [0.1, 0.15) is 32.4 Å². The van der Waals surface area contributed by atoms with Crippen LogP contribution in [-0.4, -0.2) is 43.2 Å². The van der Waals surface area contributed by atoms with Crippen LogP contribution in [0.15, 0.2) is 72.8 Å². The zero-order chi connectivity index (χ0) is 25.2. The minimum Gasteiger partial charge on any atom is -0.497 e. The number of rotatable bonds is 4. The highest BCUT2D eigenvalue weighted by Crippen LogP contribution is 2.58. The number of methoxy groups -OCH3 is 2. The highest BCUT2D eigenvalue weighted by molar-refractivity contribution is 6.37. The fraction of sp³-hybridized carbons (Fsp3) is 0.214. The predicted molar refractivity (Wildman–Crippen MR) is 127 cm³/mol. The SMILES string of the molecule is COc1ccc(OC)c(N2C(=O)[C@H]3[C@@H](C2=O)C2(O[C@H]3c3ccccc3)C(=O)c3ccccc3C2=O)c1. The van der Waals surface area contributed by atoms with Crippen molar-refractivity contribution in [3.05, 3.63) is 89.5 Å². The fourth-order valence-corrected chi connectivity index (χ4v) is 5.67. The summed E-state index contributed by atoms with van der Waals surface area (Å²) in [6, 6.07) is 20.0. The molecule has 2 aliphatic heterocycles. The molecule has 2 heterocycles. The van der Waals surface area contributed by atoms with Gasteiger partial charge in [-0.3, -0.25) is 19.2 Å². The average Bonchev–Trinajstić information content (AvgIpc) is 3.48. The number of anilines is 1. The van der Waals surface area contributed by atoms with Crippen molar-refractivity contribution >= 4 is 29.1 Å². The summed E-state index contributed by atoms with van der Waals surface area (Å²) >= 11 is 0. The van der Waals surface area contributed by atoms with Crippen LogP contribution in [0.3, 0.4) is 0 Å². The Hall–Kier alpha value is -4.30. The zero-order valence-corrected chi connectivity index (χ0v) is 19.5. The van der Waals surface area contributed by atoms with Gasteiger partial charge in [0.05, 0.1) is 37.8 Å². The van der Waals surface area contributed by atoms with Gasteiger partial charge in [0.1, 0.15) is 11.5 Å². The Morgan fingerprint density at radius 3 is 2.03 bits per heavy atom. The average molecular weight is 483 g/mol. The van der Waals surface area contributed by atoms with Crippen molar-refractivity contribution in [1.82, 2.24) is 0 Å². The Kier molecular flexibility index (Phi) is 4.84. The molecule has 6 rings (SSSR count). The van der Waals surface area contributed by atoms with Gasteiger partial charge < -0.3 is 14.2 Å². The number of Topliss-reactive ketones (excluding diaryl/α,β-unsaturated/α-hetero) is 2. The van der Waals surface area contributed by atoms with E-state index in [1.807, 2.05) is 6.07 Å². The van der Waals surface area contributed by atoms with E-state index >= 15 is 0 Å². The van der Waals surface area contributed by atoms with E-state index in [0.29, 0.717) is 11.3 Å². The van der Waals surface area contributed by atoms with Crippen molar-refractivity contribution in [3.8, 4) is 11.5 Å². The van der Waals surface area contributed by atoms with Crippen molar-refractivity contribution in [1.29, 1.82) is 0 Å². The van der Waals surface area contributed by atoms with Gasteiger partial charge in [-0.25, -0.2) is 4.90 Å². The number of fused-ring (bicyclic) bond motifs is 3. The molecule has 3 aromatic carbocycles. The highest BCUT2D eigenvalue weighted by Gasteiger charge is 2.74. The Morgan fingerprint density at radius 1 is 0.778 bits per heavy atom. The molecule has 3 aromatic rings. The van der Waals surface area contributed by atoms with Gasteiger partial charge in [0, 0.05) is 17.2 Å². The number of imide groups is 1. The maximum atomic E-state index is 14.1. The fourth-order valence-electron chi connectivity index (χ4n) is 5.67. The van der Waals surface area contributed by atoms with Crippen molar-refractivity contribution < 1.29 is 33.4 Å². The van der Waals surface area contributed by atoms with E-state index in [-0.39, 0.29) is 22.6 Å². The zero-order valence-electron chi connectivity index (χ0n) is 19.5. The summed E-state index contributed by atoms with van der Waals surface area (Å²) in [6.07, 6.45) is -0.975. The molecule has 0 radical (unpaired) electrons. The minimum absolute atomic E-state index is 0.179. The first kappa shape index (κ1) is 22.2. The third kappa shape index (κ3) is 2.73. The molecule has 8 nitrogen and oxygen atoms in total. The lowest BCUT2D eigenvalue weighted by molar-refractivity contribution is -0.127. The quantitative estimate of drug-likeness (QED) is 0.414. The Labute approximate surface area is 206 Å². The summed E-state index contributed by atoms with van der Waals surface area (Å²) in [4.78, 5) is 56.6. The minimum atomic E-state index is -2.12. The number of hydrogen-bond donors (Lipinski definition) is 0. The monoisotopic (exact) mass is 483 g/mol. The molecular weight excluding hydrogens is 462 g/mol. The summed E-state index contributed by atoms with van der Waals surface area (Å²) in [5, 5.41) is 0. The summed E-state index contributed by atoms with van der Waals surface area (Å²) in [7, 11) is 2.89. The molecule has 0 N–H and O–H groups in total. The van der Waals surface area contributed by atoms with Crippen molar-refractivity contribution in [2.75, 3.05) is 19.1 Å². The molecule has 1 spiro atoms. The van der Waals surface area contributed by atoms with Crippen LogP contribution >= 0.6 is 0 Å². The van der Waals surface area contributed by atoms with E-state index in [1.54, 1.807) is 60.7 Å². The van der Waals surface area contributed by atoms with Crippen molar-refractivity contribution in [3.63, 3.8) is 0 Å². The summed E-state index contributed by atoms with van der Waals surface area (Å²) < 4.78 is 17.0. The van der Waals surface area contributed by atoms with Gasteiger partial charge in [0.25, 0.3) is 0 Å². The normalized spacial score (nSPS) is 23.8. The first-order chi connectivity index (χ1) is 17.4. The maximum Gasteiger partial charge on any atom is 0.241 e. The van der Waals surface area contributed by atoms with Gasteiger partial charge in [-0.1, -0.05) is 54.6 Å². The lowest BCUT2D eigenvalue weighted by Gasteiger charge is -2.27. The number of carbonyl (C=O) groups is 4. The van der Waals surface area contributed by atoms with E-state index in [0.717, 1.165) is 4.90 Å². The maximum absolute atomic E-state index is 14.1. The number of ketones is 2. The molecule has 0 aromatic heterocycles. The van der Waals surface area contributed by atoms with Crippen molar-refractivity contribution in [2.24, 2.45) is 11.8 Å². The third-order valence-corrected chi connectivity index (χ3v) is 7.27. The van der Waals surface area contributed by atoms with E-state index < -0.39 is 46.9 Å². The predicted octanol–water partition coefficient (Wildman–Crippen LogP) is 3.40. The molecule has 0 unspecified atom stereocenters. The lowest BCUT2D eigenvalue weighted by atomic mass is 9.77. The molecule has 8 heteroatoms. The molecule has 0 bridgehead atoms. The van der Waals surface area contributed by atoms with Gasteiger partial charge in [-0.15, -0.1) is 0 Å². The van der Waals surface area contributed by atoms with E-state index in [2.05, 4.69) is 0 Å². The number of hydrogen-bond acceptors (Lipinski definition) is 7. The largest absolute Gasteiger partial charge is 0.497 e. The molecule has 180 valence electrons. The number of carbonyl (C=O) groups excluding carboxylic acids is 4. The smallest absolute Gasteiger partial charge is 0.241 e. The molecule has 2 fully saturated rings. The summed E-state index contributed by atoms with van der Waals surface area (Å²) in [6.45, 7) is 0. The van der Waals surface area contributed by atoms with Crippen LogP contribution in [0.5, 0.6) is 11.5 Å². The van der Waals surface area contributed by atoms with E-state index in [4.69, 9.17) is 14.2 Å². The second-order valence-electron chi connectivity index (χ2n) is 8.94. The van der Waals surface area contributed by atoms with Crippen LogP contribution < -0.4 is 14.4 Å². The number of amides is 2. The number of ether oxygens (including phenoxy) is 3. The second-order valence-corrected chi connectivity index (χ2v) is 8.94. The third-order valence-electron chi connectivity index (χ3n) is 7.27. The van der Waals surface area contributed by atoms with Crippen LogP contribution in [-0.2, 0) is 14.3 Å². The summed E-state index contributed by atoms with van der Waals surface area (Å²) in [5.74, 6) is -4.19. The Bertz CT molecular complexity index is 1410. The van der Waals surface area contributed by atoms with Crippen LogP contribution in [0.25, 0.3) is 0 Å². The van der Waals surface area contributed by atoms with Crippen molar-refractivity contribution in [2.45, 2.75) is 11.7 Å². The van der Waals surface area contributed by atoms with E-state index in [9.17, 15) is 19.2 Å². The molecular formula is C28H21NO7. The summed E-state index contributed by atoms with van der Waals surface area (Å²) in [5.41, 5.74) is -0.969. The molecule has 3 aliphatic rings. The molecule has 0 saturated carbocycles. The lowest BCUT2D eigenvalue weighted by Crippen LogP contribution is -2.51. The number of benzene rings is 3. The Morgan fingerprint density at radius 2 is 1.42 bits per heavy atom. The molecule has 3 atom stereocenters.